The Bertz CT molecular complexity index is 1300. The number of carbonyl (C=O) groups is 4. The van der Waals surface area contributed by atoms with Gasteiger partial charge >= 0.3 is 0 Å². The lowest BCUT2D eigenvalue weighted by Gasteiger charge is -2.32. The van der Waals surface area contributed by atoms with Crippen molar-refractivity contribution in [2.45, 2.75) is 25.3 Å². The van der Waals surface area contributed by atoms with Crippen LogP contribution in [-0.4, -0.2) is 59.1 Å². The number of rotatable bonds is 6. The van der Waals surface area contributed by atoms with Crippen molar-refractivity contribution in [3.8, 4) is 0 Å². The van der Waals surface area contributed by atoms with E-state index in [1.165, 1.54) is 4.90 Å². The number of likely N-dealkylation sites (tertiary alicyclic amines) is 1. The van der Waals surface area contributed by atoms with Gasteiger partial charge in [0, 0.05) is 36.8 Å². The van der Waals surface area contributed by atoms with Gasteiger partial charge in [-0.05, 0) is 55.2 Å². The van der Waals surface area contributed by atoms with Crippen molar-refractivity contribution < 1.29 is 19.2 Å². The van der Waals surface area contributed by atoms with Crippen LogP contribution in [-0.2, 0) is 6.42 Å². The molecule has 0 atom stereocenters. The predicted molar refractivity (Wildman–Crippen MR) is 135 cm³/mol. The number of carbonyl (C=O) groups excluding carboxylic acids is 4. The summed E-state index contributed by atoms with van der Waals surface area (Å²) in [6.07, 6.45) is 1.88. The molecule has 1 fully saturated rings. The average molecular weight is 482 g/mol. The van der Waals surface area contributed by atoms with Crippen LogP contribution < -0.4 is 5.32 Å². The van der Waals surface area contributed by atoms with Crippen LogP contribution >= 0.6 is 0 Å². The molecule has 7 nitrogen and oxygen atoms in total. The SMILES string of the molecule is O=C(NC1CCN(C(=O)c2ccc3c(c2)C(=O)N(CCc2ccccc2)C3=O)CC1)c1ccccc1. The van der Waals surface area contributed by atoms with E-state index in [1.54, 1.807) is 35.2 Å². The van der Waals surface area contributed by atoms with Gasteiger partial charge in [0.25, 0.3) is 23.6 Å². The molecule has 1 saturated heterocycles. The van der Waals surface area contributed by atoms with Gasteiger partial charge in [-0.2, -0.15) is 0 Å². The topological polar surface area (TPSA) is 86.8 Å². The van der Waals surface area contributed by atoms with Crippen molar-refractivity contribution in [2.75, 3.05) is 19.6 Å². The zero-order chi connectivity index (χ0) is 25.1. The van der Waals surface area contributed by atoms with Gasteiger partial charge in [0.2, 0.25) is 0 Å². The lowest BCUT2D eigenvalue weighted by Crippen LogP contribution is -2.46. The molecule has 4 amide bonds. The molecule has 0 spiro atoms. The van der Waals surface area contributed by atoms with E-state index in [0.717, 1.165) is 5.56 Å². The summed E-state index contributed by atoms with van der Waals surface area (Å²) < 4.78 is 0. The van der Waals surface area contributed by atoms with Gasteiger partial charge in [-0.3, -0.25) is 24.1 Å². The first-order valence-corrected chi connectivity index (χ1v) is 12.2. The zero-order valence-corrected chi connectivity index (χ0v) is 19.9. The number of fused-ring (bicyclic) bond motifs is 1. The minimum atomic E-state index is -0.358. The molecule has 3 aromatic carbocycles. The fraction of sp³-hybridized carbons (Fsp3) is 0.241. The Labute approximate surface area is 209 Å². The first kappa shape index (κ1) is 23.5. The summed E-state index contributed by atoms with van der Waals surface area (Å²) in [7, 11) is 0. The normalized spacial score (nSPS) is 15.7. The molecule has 0 radical (unpaired) electrons. The van der Waals surface area contributed by atoms with E-state index in [4.69, 9.17) is 0 Å². The fourth-order valence-corrected chi connectivity index (χ4v) is 4.78. The van der Waals surface area contributed by atoms with Crippen molar-refractivity contribution in [3.63, 3.8) is 0 Å². The van der Waals surface area contributed by atoms with Crippen LogP contribution in [0.2, 0.25) is 0 Å². The second-order valence-electron chi connectivity index (χ2n) is 9.16. The maximum absolute atomic E-state index is 13.2. The Morgan fingerprint density at radius 3 is 2.11 bits per heavy atom. The van der Waals surface area contributed by atoms with Crippen LogP contribution in [0.3, 0.4) is 0 Å². The van der Waals surface area contributed by atoms with E-state index in [1.807, 2.05) is 48.5 Å². The minimum Gasteiger partial charge on any atom is -0.349 e. The summed E-state index contributed by atoms with van der Waals surface area (Å²) in [6.45, 7) is 1.30. The van der Waals surface area contributed by atoms with Crippen LogP contribution in [0, 0.1) is 0 Å². The third-order valence-corrected chi connectivity index (χ3v) is 6.84. The summed E-state index contributed by atoms with van der Waals surface area (Å²) in [6, 6.07) is 23.5. The van der Waals surface area contributed by atoms with E-state index in [2.05, 4.69) is 5.32 Å². The fourth-order valence-electron chi connectivity index (χ4n) is 4.78. The highest BCUT2D eigenvalue weighted by Gasteiger charge is 2.36. The number of piperidine rings is 1. The van der Waals surface area contributed by atoms with Crippen LogP contribution in [0.25, 0.3) is 0 Å². The quantitative estimate of drug-likeness (QED) is 0.546. The van der Waals surface area contributed by atoms with Crippen LogP contribution in [0.4, 0.5) is 0 Å². The molecule has 0 aromatic heterocycles. The molecular formula is C29H27N3O4. The second-order valence-corrected chi connectivity index (χ2v) is 9.16. The van der Waals surface area contributed by atoms with Crippen LogP contribution in [0.1, 0.15) is 59.8 Å². The first-order valence-electron chi connectivity index (χ1n) is 12.2. The van der Waals surface area contributed by atoms with E-state index >= 15 is 0 Å². The summed E-state index contributed by atoms with van der Waals surface area (Å²) in [5.74, 6) is -0.963. The van der Waals surface area contributed by atoms with Crippen LogP contribution in [0.15, 0.2) is 78.9 Å². The highest BCUT2D eigenvalue weighted by Crippen LogP contribution is 2.25. The van der Waals surface area contributed by atoms with E-state index in [0.29, 0.717) is 55.6 Å². The molecule has 0 aliphatic carbocycles. The van der Waals surface area contributed by atoms with E-state index < -0.39 is 0 Å². The smallest absolute Gasteiger partial charge is 0.261 e. The van der Waals surface area contributed by atoms with Crippen molar-refractivity contribution in [1.82, 2.24) is 15.1 Å². The molecule has 0 bridgehead atoms. The minimum absolute atomic E-state index is 0.000788. The number of nitrogens with one attached hydrogen (secondary N) is 1. The first-order chi connectivity index (χ1) is 17.5. The largest absolute Gasteiger partial charge is 0.349 e. The zero-order valence-electron chi connectivity index (χ0n) is 19.9. The van der Waals surface area contributed by atoms with Crippen molar-refractivity contribution in [1.29, 1.82) is 0 Å². The molecule has 3 aromatic rings. The van der Waals surface area contributed by atoms with Gasteiger partial charge in [-0.1, -0.05) is 48.5 Å². The summed E-state index contributed by atoms with van der Waals surface area (Å²) >= 11 is 0. The molecule has 5 rings (SSSR count). The lowest BCUT2D eigenvalue weighted by molar-refractivity contribution is 0.0653. The standard InChI is InChI=1S/C29H27N3O4/c33-26(21-9-5-2-6-10-21)30-23-14-16-31(17-15-23)27(34)22-11-12-24-25(19-22)29(36)32(28(24)35)18-13-20-7-3-1-4-8-20/h1-12,19,23H,13-18H2,(H,30,33). The Hall–Kier alpha value is -4.26. The van der Waals surface area contributed by atoms with Gasteiger partial charge in [0.1, 0.15) is 0 Å². The molecule has 7 heteroatoms. The molecule has 0 saturated carbocycles. The number of hydrogen-bond acceptors (Lipinski definition) is 4. The third kappa shape index (κ3) is 4.77. The Kier molecular flexibility index (Phi) is 6.62. The van der Waals surface area contributed by atoms with Crippen molar-refractivity contribution in [3.05, 3.63) is 107 Å². The molecule has 1 N–H and O–H groups in total. The van der Waals surface area contributed by atoms with Gasteiger partial charge in [-0.25, -0.2) is 0 Å². The summed E-state index contributed by atoms with van der Waals surface area (Å²) in [4.78, 5) is 54.4. The molecular weight excluding hydrogens is 454 g/mol. The maximum atomic E-state index is 13.2. The predicted octanol–water partition coefficient (Wildman–Crippen LogP) is 3.56. The Morgan fingerprint density at radius 1 is 0.778 bits per heavy atom. The van der Waals surface area contributed by atoms with Gasteiger partial charge in [-0.15, -0.1) is 0 Å². The molecule has 2 aliphatic rings. The third-order valence-electron chi connectivity index (χ3n) is 6.84. The van der Waals surface area contributed by atoms with Crippen molar-refractivity contribution >= 4 is 23.6 Å². The summed E-state index contributed by atoms with van der Waals surface area (Å²) in [5, 5.41) is 3.04. The maximum Gasteiger partial charge on any atom is 0.261 e. The molecule has 182 valence electrons. The Morgan fingerprint density at radius 2 is 1.42 bits per heavy atom. The highest BCUT2D eigenvalue weighted by molar-refractivity contribution is 6.22. The van der Waals surface area contributed by atoms with E-state index in [-0.39, 0.29) is 35.2 Å². The second kappa shape index (κ2) is 10.2. The average Bonchev–Trinajstić information content (AvgIpc) is 3.17. The van der Waals surface area contributed by atoms with Crippen LogP contribution in [0.5, 0.6) is 0 Å². The highest BCUT2D eigenvalue weighted by atomic mass is 16.2. The molecule has 36 heavy (non-hydrogen) atoms. The van der Waals surface area contributed by atoms with Gasteiger partial charge in [0.05, 0.1) is 11.1 Å². The lowest BCUT2D eigenvalue weighted by atomic mass is 10.0. The number of hydrogen-bond donors (Lipinski definition) is 1. The number of imide groups is 1. The summed E-state index contributed by atoms with van der Waals surface area (Å²) in [5.41, 5.74) is 2.68. The number of benzene rings is 3. The monoisotopic (exact) mass is 481 g/mol. The van der Waals surface area contributed by atoms with E-state index in [9.17, 15) is 19.2 Å². The van der Waals surface area contributed by atoms with Gasteiger partial charge in [0.15, 0.2) is 0 Å². The molecule has 2 aliphatic heterocycles. The van der Waals surface area contributed by atoms with Crippen molar-refractivity contribution in [2.24, 2.45) is 0 Å². The molecule has 0 unspecified atom stereocenters. The Balaban J connectivity index is 1.20. The number of nitrogens with zero attached hydrogens (tertiary/aromatic N) is 2. The number of amides is 4. The van der Waals surface area contributed by atoms with Gasteiger partial charge < -0.3 is 10.2 Å². The molecule has 2 heterocycles.